The van der Waals surface area contributed by atoms with Crippen LogP contribution in [-0.2, 0) is 14.3 Å². The SMILES string of the molecule is C=CCOC(=O)c1sc(N2C(=O)C(=O)/C(=C(/O)c3ccc(OCC(C)C)cc3)C2c2ccncc2)nc1C. The Morgan fingerprint density at radius 1 is 1.18 bits per heavy atom. The van der Waals surface area contributed by atoms with Crippen LogP contribution in [0.3, 0.4) is 0 Å². The second-order valence-corrected chi connectivity index (χ2v) is 9.95. The van der Waals surface area contributed by atoms with Crippen molar-refractivity contribution in [2.75, 3.05) is 18.1 Å². The van der Waals surface area contributed by atoms with Gasteiger partial charge in [0.15, 0.2) is 5.13 Å². The Morgan fingerprint density at radius 3 is 2.50 bits per heavy atom. The molecule has 1 amide bonds. The van der Waals surface area contributed by atoms with Gasteiger partial charge in [-0.15, -0.1) is 0 Å². The maximum Gasteiger partial charge on any atom is 0.350 e. The highest BCUT2D eigenvalue weighted by atomic mass is 32.1. The minimum absolute atomic E-state index is 0.0222. The number of thiazole rings is 1. The molecule has 1 aliphatic heterocycles. The Balaban J connectivity index is 1.78. The number of carbonyl (C=O) groups excluding carboxylic acids is 3. The minimum atomic E-state index is -0.988. The summed E-state index contributed by atoms with van der Waals surface area (Å²) in [5, 5.41) is 11.4. The number of nitrogens with zero attached hydrogens (tertiary/aromatic N) is 3. The van der Waals surface area contributed by atoms with Crippen LogP contribution in [0.2, 0.25) is 0 Å². The van der Waals surface area contributed by atoms with Crippen LogP contribution in [0.15, 0.2) is 67.0 Å². The highest BCUT2D eigenvalue weighted by Gasteiger charge is 2.48. The number of pyridine rings is 1. The maximum atomic E-state index is 13.3. The number of amides is 1. The van der Waals surface area contributed by atoms with Crippen molar-refractivity contribution in [3.63, 3.8) is 0 Å². The first kappa shape index (κ1) is 26.7. The number of aliphatic hydroxyl groups excluding tert-OH is 1. The Morgan fingerprint density at radius 2 is 1.87 bits per heavy atom. The number of hydrogen-bond donors (Lipinski definition) is 1. The summed E-state index contributed by atoms with van der Waals surface area (Å²) in [6.07, 6.45) is 4.50. The number of ketones is 1. The molecule has 0 aliphatic carbocycles. The fourth-order valence-corrected chi connectivity index (χ4v) is 4.88. The first-order chi connectivity index (χ1) is 18.2. The minimum Gasteiger partial charge on any atom is -0.507 e. The monoisotopic (exact) mass is 533 g/mol. The van der Waals surface area contributed by atoms with Gasteiger partial charge in [0.05, 0.1) is 23.9 Å². The van der Waals surface area contributed by atoms with E-state index in [-0.39, 0.29) is 27.9 Å². The lowest BCUT2D eigenvalue weighted by Crippen LogP contribution is -2.29. The summed E-state index contributed by atoms with van der Waals surface area (Å²) < 4.78 is 10.8. The lowest BCUT2D eigenvalue weighted by atomic mass is 9.96. The van der Waals surface area contributed by atoms with E-state index in [1.54, 1.807) is 43.3 Å². The molecule has 1 unspecified atom stereocenters. The summed E-state index contributed by atoms with van der Waals surface area (Å²) in [6, 6.07) is 8.96. The van der Waals surface area contributed by atoms with Crippen molar-refractivity contribution in [3.05, 3.63) is 88.7 Å². The molecular formula is C28H27N3O6S. The van der Waals surface area contributed by atoms with E-state index in [1.807, 2.05) is 13.8 Å². The third-order valence-electron chi connectivity index (χ3n) is 5.69. The second-order valence-electron chi connectivity index (χ2n) is 8.98. The molecule has 9 nitrogen and oxygen atoms in total. The maximum absolute atomic E-state index is 13.3. The van der Waals surface area contributed by atoms with Crippen LogP contribution in [0.25, 0.3) is 5.76 Å². The van der Waals surface area contributed by atoms with E-state index in [9.17, 15) is 19.5 Å². The fourth-order valence-electron chi connectivity index (χ4n) is 3.89. The van der Waals surface area contributed by atoms with E-state index in [1.165, 1.54) is 23.4 Å². The Hall–Kier alpha value is -4.31. The van der Waals surface area contributed by atoms with Gasteiger partial charge in [-0.3, -0.25) is 19.5 Å². The molecule has 38 heavy (non-hydrogen) atoms. The molecule has 1 saturated heterocycles. The van der Waals surface area contributed by atoms with Gasteiger partial charge < -0.3 is 14.6 Å². The Bertz CT molecular complexity index is 1400. The van der Waals surface area contributed by atoms with Gasteiger partial charge in [0.1, 0.15) is 23.0 Å². The normalized spacial score (nSPS) is 16.6. The molecule has 1 atom stereocenters. The molecule has 0 bridgehead atoms. The van der Waals surface area contributed by atoms with Crippen molar-refractivity contribution in [1.82, 2.24) is 9.97 Å². The van der Waals surface area contributed by atoms with Gasteiger partial charge >= 0.3 is 11.9 Å². The highest BCUT2D eigenvalue weighted by Crippen LogP contribution is 2.43. The summed E-state index contributed by atoms with van der Waals surface area (Å²) in [5.41, 5.74) is 1.15. The molecule has 1 aromatic carbocycles. The van der Waals surface area contributed by atoms with Crippen molar-refractivity contribution in [1.29, 1.82) is 0 Å². The molecule has 1 fully saturated rings. The first-order valence-corrected chi connectivity index (χ1v) is 12.7. The number of aryl methyl sites for hydroxylation is 1. The molecule has 3 aromatic rings. The third kappa shape index (κ3) is 5.35. The van der Waals surface area contributed by atoms with E-state index in [2.05, 4.69) is 16.5 Å². The van der Waals surface area contributed by atoms with Crippen LogP contribution in [-0.4, -0.2) is 45.9 Å². The number of esters is 1. The quantitative estimate of drug-likeness (QED) is 0.136. The van der Waals surface area contributed by atoms with Gasteiger partial charge in [0.25, 0.3) is 5.78 Å². The highest BCUT2D eigenvalue weighted by molar-refractivity contribution is 7.17. The van der Waals surface area contributed by atoms with Crippen molar-refractivity contribution in [3.8, 4) is 5.75 Å². The Kier molecular flexibility index (Phi) is 8.02. The number of aliphatic hydroxyl groups is 1. The summed E-state index contributed by atoms with van der Waals surface area (Å²) in [5.74, 6) is -1.71. The van der Waals surface area contributed by atoms with Crippen molar-refractivity contribution < 1.29 is 29.0 Å². The van der Waals surface area contributed by atoms with Crippen LogP contribution in [0, 0.1) is 12.8 Å². The van der Waals surface area contributed by atoms with Crippen LogP contribution in [0.4, 0.5) is 5.13 Å². The number of carbonyl (C=O) groups is 3. The lowest BCUT2D eigenvalue weighted by Gasteiger charge is -2.22. The number of ether oxygens (including phenoxy) is 2. The summed E-state index contributed by atoms with van der Waals surface area (Å²) in [6.45, 7) is 9.78. The molecule has 3 heterocycles. The number of Topliss-reactive ketones (excluding diaryl/α,β-unsaturated/α-hetero) is 1. The van der Waals surface area contributed by atoms with E-state index in [0.29, 0.717) is 35.1 Å². The van der Waals surface area contributed by atoms with Gasteiger partial charge in [0, 0.05) is 18.0 Å². The van der Waals surface area contributed by atoms with E-state index in [0.717, 1.165) is 11.3 Å². The lowest BCUT2D eigenvalue weighted by molar-refractivity contribution is -0.132. The average Bonchev–Trinajstić information content (AvgIpc) is 3.43. The molecule has 1 aliphatic rings. The van der Waals surface area contributed by atoms with Crippen molar-refractivity contribution in [2.45, 2.75) is 26.8 Å². The fraction of sp³-hybridized carbons (Fsp3) is 0.250. The van der Waals surface area contributed by atoms with Crippen molar-refractivity contribution >= 4 is 39.9 Å². The van der Waals surface area contributed by atoms with Gasteiger partial charge in [-0.1, -0.05) is 37.8 Å². The summed E-state index contributed by atoms with van der Waals surface area (Å²) in [4.78, 5) is 49.0. The standard InChI is InChI=1S/C28H27N3O6S/c1-5-14-36-27(35)25-17(4)30-28(38-25)31-22(18-10-12-29-13-11-18)21(24(33)26(31)34)23(32)19-6-8-20(9-7-19)37-15-16(2)3/h5-13,16,22,32H,1,14-15H2,2-4H3/b23-21+. The third-order valence-corrected chi connectivity index (χ3v) is 6.82. The molecule has 2 aromatic heterocycles. The van der Waals surface area contributed by atoms with E-state index >= 15 is 0 Å². The summed E-state index contributed by atoms with van der Waals surface area (Å²) >= 11 is 0.935. The molecule has 1 N–H and O–H groups in total. The number of anilines is 1. The number of hydrogen-bond acceptors (Lipinski definition) is 9. The summed E-state index contributed by atoms with van der Waals surface area (Å²) in [7, 11) is 0. The number of benzene rings is 1. The largest absolute Gasteiger partial charge is 0.507 e. The van der Waals surface area contributed by atoms with E-state index in [4.69, 9.17) is 9.47 Å². The second kappa shape index (κ2) is 11.4. The molecule has 0 spiro atoms. The van der Waals surface area contributed by atoms with E-state index < -0.39 is 23.7 Å². The predicted molar refractivity (Wildman–Crippen MR) is 143 cm³/mol. The Labute approximate surface area is 224 Å². The van der Waals surface area contributed by atoms with Gasteiger partial charge in [0.2, 0.25) is 0 Å². The smallest absolute Gasteiger partial charge is 0.350 e. The zero-order valence-electron chi connectivity index (χ0n) is 21.2. The average molecular weight is 534 g/mol. The topological polar surface area (TPSA) is 119 Å². The predicted octanol–water partition coefficient (Wildman–Crippen LogP) is 4.85. The molecule has 10 heteroatoms. The van der Waals surface area contributed by atoms with Gasteiger partial charge in [-0.2, -0.15) is 0 Å². The van der Waals surface area contributed by atoms with Crippen LogP contribution in [0.1, 0.15) is 46.4 Å². The van der Waals surface area contributed by atoms with Crippen LogP contribution >= 0.6 is 11.3 Å². The number of aromatic nitrogens is 2. The molecule has 196 valence electrons. The van der Waals surface area contributed by atoms with Crippen LogP contribution < -0.4 is 9.64 Å². The molecule has 0 radical (unpaired) electrons. The van der Waals surface area contributed by atoms with Crippen molar-refractivity contribution in [2.24, 2.45) is 5.92 Å². The zero-order valence-corrected chi connectivity index (χ0v) is 22.0. The number of rotatable bonds is 9. The molecule has 0 saturated carbocycles. The van der Waals surface area contributed by atoms with Gasteiger partial charge in [-0.25, -0.2) is 9.78 Å². The zero-order chi connectivity index (χ0) is 27.4. The van der Waals surface area contributed by atoms with Crippen LogP contribution in [0.5, 0.6) is 5.75 Å². The van der Waals surface area contributed by atoms with Gasteiger partial charge in [-0.05, 0) is 54.8 Å². The molecule has 4 rings (SSSR count). The molecular weight excluding hydrogens is 506 g/mol. The first-order valence-electron chi connectivity index (χ1n) is 11.9.